The molecule has 0 aromatic carbocycles. The predicted molar refractivity (Wildman–Crippen MR) is 78.7 cm³/mol. The second-order valence-electron chi connectivity index (χ2n) is 5.53. The van der Waals surface area contributed by atoms with Crippen molar-refractivity contribution in [3.05, 3.63) is 0 Å². The molecule has 2 heteroatoms. The summed E-state index contributed by atoms with van der Waals surface area (Å²) in [6.07, 6.45) is 14.9. The molecule has 2 nitrogen and oxygen atoms in total. The van der Waals surface area contributed by atoms with Gasteiger partial charge in [-0.3, -0.25) is 0 Å². The van der Waals surface area contributed by atoms with Crippen LogP contribution in [-0.4, -0.2) is 23.4 Å². The lowest BCUT2D eigenvalue weighted by molar-refractivity contribution is 0.204. The van der Waals surface area contributed by atoms with Gasteiger partial charge in [-0.2, -0.15) is 0 Å². The van der Waals surface area contributed by atoms with Crippen LogP contribution in [0, 0.1) is 5.92 Å². The van der Waals surface area contributed by atoms with E-state index in [-0.39, 0.29) is 0 Å². The lowest BCUT2D eigenvalue weighted by Crippen LogP contribution is -2.06. The van der Waals surface area contributed by atoms with Crippen LogP contribution >= 0.6 is 0 Å². The lowest BCUT2D eigenvalue weighted by atomic mass is 9.95. The molecular formula is C16H34O2. The number of hydrogen-bond donors (Lipinski definition) is 2. The Hall–Kier alpha value is -0.0800. The molecule has 0 aromatic rings. The standard InChI is InChI=1S/C16H34O2/c1-2-3-9-12-16(15-18)13-10-7-5-4-6-8-11-14-17/h16-18H,2-15H2,1H3. The minimum Gasteiger partial charge on any atom is -0.396 e. The van der Waals surface area contributed by atoms with E-state index >= 15 is 0 Å². The molecule has 1 atom stereocenters. The first-order chi connectivity index (χ1) is 8.85. The summed E-state index contributed by atoms with van der Waals surface area (Å²) in [6.45, 7) is 2.95. The maximum Gasteiger partial charge on any atom is 0.0459 e. The van der Waals surface area contributed by atoms with E-state index in [0.717, 1.165) is 6.42 Å². The fraction of sp³-hybridized carbons (Fsp3) is 1.00. The summed E-state index contributed by atoms with van der Waals surface area (Å²) in [7, 11) is 0. The molecule has 0 saturated heterocycles. The normalized spacial score (nSPS) is 12.8. The number of aliphatic hydroxyl groups excluding tert-OH is 2. The Morgan fingerprint density at radius 3 is 1.67 bits per heavy atom. The summed E-state index contributed by atoms with van der Waals surface area (Å²) in [5.41, 5.74) is 0. The third-order valence-corrected chi connectivity index (χ3v) is 3.74. The summed E-state index contributed by atoms with van der Waals surface area (Å²) in [5.74, 6) is 0.547. The molecule has 110 valence electrons. The molecule has 0 rings (SSSR count). The van der Waals surface area contributed by atoms with Gasteiger partial charge in [0.05, 0.1) is 0 Å². The summed E-state index contributed by atoms with van der Waals surface area (Å²) in [5, 5.41) is 18.0. The first-order valence-corrected chi connectivity index (χ1v) is 8.06. The maximum absolute atomic E-state index is 9.30. The molecule has 0 aliphatic carbocycles. The molecule has 0 fully saturated rings. The molecule has 0 aliphatic heterocycles. The van der Waals surface area contributed by atoms with Crippen LogP contribution in [0.1, 0.15) is 84.0 Å². The van der Waals surface area contributed by atoms with Gasteiger partial charge < -0.3 is 10.2 Å². The van der Waals surface area contributed by atoms with Crippen LogP contribution in [0.4, 0.5) is 0 Å². The summed E-state index contributed by atoms with van der Waals surface area (Å²) in [6, 6.07) is 0. The van der Waals surface area contributed by atoms with Crippen LogP contribution < -0.4 is 0 Å². The Morgan fingerprint density at radius 2 is 1.17 bits per heavy atom. The molecule has 0 aromatic heterocycles. The highest BCUT2D eigenvalue weighted by Gasteiger charge is 2.06. The molecule has 0 aliphatic rings. The van der Waals surface area contributed by atoms with Gasteiger partial charge in [-0.25, -0.2) is 0 Å². The Bertz CT molecular complexity index is 148. The number of unbranched alkanes of at least 4 members (excludes halogenated alkanes) is 8. The fourth-order valence-corrected chi connectivity index (χ4v) is 2.44. The van der Waals surface area contributed by atoms with Crippen LogP contribution in [0.2, 0.25) is 0 Å². The second-order valence-corrected chi connectivity index (χ2v) is 5.53. The average Bonchev–Trinajstić information content (AvgIpc) is 2.40. The Balaban J connectivity index is 3.23. The van der Waals surface area contributed by atoms with Gasteiger partial charge in [-0.15, -0.1) is 0 Å². The van der Waals surface area contributed by atoms with Crippen molar-refractivity contribution < 1.29 is 10.2 Å². The first kappa shape index (κ1) is 17.9. The van der Waals surface area contributed by atoms with E-state index in [1.54, 1.807) is 0 Å². The quantitative estimate of drug-likeness (QED) is 0.456. The van der Waals surface area contributed by atoms with Crippen molar-refractivity contribution in [2.75, 3.05) is 13.2 Å². The van der Waals surface area contributed by atoms with Crippen LogP contribution in [0.15, 0.2) is 0 Å². The zero-order valence-electron chi connectivity index (χ0n) is 12.4. The van der Waals surface area contributed by atoms with Crippen molar-refractivity contribution >= 4 is 0 Å². The zero-order valence-corrected chi connectivity index (χ0v) is 12.4. The molecular weight excluding hydrogens is 224 g/mol. The lowest BCUT2D eigenvalue weighted by Gasteiger charge is -2.13. The Kier molecular flexibility index (Phi) is 14.9. The smallest absolute Gasteiger partial charge is 0.0459 e. The van der Waals surface area contributed by atoms with Crippen molar-refractivity contribution in [2.24, 2.45) is 5.92 Å². The van der Waals surface area contributed by atoms with Crippen molar-refractivity contribution in [2.45, 2.75) is 84.0 Å². The van der Waals surface area contributed by atoms with Crippen LogP contribution in [0.5, 0.6) is 0 Å². The van der Waals surface area contributed by atoms with Gasteiger partial charge in [0.25, 0.3) is 0 Å². The van der Waals surface area contributed by atoms with E-state index < -0.39 is 0 Å². The van der Waals surface area contributed by atoms with Gasteiger partial charge >= 0.3 is 0 Å². The monoisotopic (exact) mass is 258 g/mol. The van der Waals surface area contributed by atoms with Gasteiger partial charge in [-0.05, 0) is 25.2 Å². The number of aliphatic hydroxyl groups is 2. The van der Waals surface area contributed by atoms with E-state index in [1.165, 1.54) is 70.6 Å². The summed E-state index contributed by atoms with van der Waals surface area (Å²) < 4.78 is 0. The first-order valence-electron chi connectivity index (χ1n) is 8.06. The van der Waals surface area contributed by atoms with Gasteiger partial charge in [0.15, 0.2) is 0 Å². The predicted octanol–water partition coefficient (Wildman–Crippen LogP) is 4.29. The van der Waals surface area contributed by atoms with Crippen LogP contribution in [0.3, 0.4) is 0 Å². The highest BCUT2D eigenvalue weighted by Crippen LogP contribution is 2.17. The molecule has 0 amide bonds. The van der Waals surface area contributed by atoms with Crippen LogP contribution in [-0.2, 0) is 0 Å². The largest absolute Gasteiger partial charge is 0.396 e. The molecule has 0 spiro atoms. The van der Waals surface area contributed by atoms with Gasteiger partial charge in [0.2, 0.25) is 0 Å². The maximum atomic E-state index is 9.30. The van der Waals surface area contributed by atoms with Gasteiger partial charge in [0.1, 0.15) is 0 Å². The molecule has 0 bridgehead atoms. The topological polar surface area (TPSA) is 40.5 Å². The van der Waals surface area contributed by atoms with Crippen molar-refractivity contribution in [1.82, 2.24) is 0 Å². The third kappa shape index (κ3) is 12.4. The fourth-order valence-electron chi connectivity index (χ4n) is 2.44. The summed E-state index contributed by atoms with van der Waals surface area (Å²) >= 11 is 0. The zero-order chi connectivity index (χ0) is 13.5. The minimum atomic E-state index is 0.343. The van der Waals surface area contributed by atoms with E-state index in [2.05, 4.69) is 6.92 Å². The van der Waals surface area contributed by atoms with E-state index in [9.17, 15) is 5.11 Å². The Labute approximate surface area is 114 Å². The van der Waals surface area contributed by atoms with Crippen molar-refractivity contribution in [1.29, 1.82) is 0 Å². The highest BCUT2D eigenvalue weighted by atomic mass is 16.3. The van der Waals surface area contributed by atoms with Crippen molar-refractivity contribution in [3.63, 3.8) is 0 Å². The van der Waals surface area contributed by atoms with Crippen LogP contribution in [0.25, 0.3) is 0 Å². The summed E-state index contributed by atoms with van der Waals surface area (Å²) in [4.78, 5) is 0. The SMILES string of the molecule is CCCCCC(CO)CCCCCCCCCO. The van der Waals surface area contributed by atoms with Gasteiger partial charge in [0, 0.05) is 13.2 Å². The molecule has 18 heavy (non-hydrogen) atoms. The number of rotatable bonds is 14. The Morgan fingerprint density at radius 1 is 0.667 bits per heavy atom. The molecule has 1 unspecified atom stereocenters. The van der Waals surface area contributed by atoms with Gasteiger partial charge in [-0.1, -0.05) is 64.7 Å². The second kappa shape index (κ2) is 15.0. The molecule has 0 saturated carbocycles. The average molecular weight is 258 g/mol. The molecule has 0 radical (unpaired) electrons. The number of hydrogen-bond acceptors (Lipinski definition) is 2. The van der Waals surface area contributed by atoms with E-state index in [4.69, 9.17) is 5.11 Å². The van der Waals surface area contributed by atoms with Crippen molar-refractivity contribution in [3.8, 4) is 0 Å². The van der Waals surface area contributed by atoms with E-state index in [1.807, 2.05) is 0 Å². The molecule has 2 N–H and O–H groups in total. The molecule has 0 heterocycles. The third-order valence-electron chi connectivity index (χ3n) is 3.74. The minimum absolute atomic E-state index is 0.343. The van der Waals surface area contributed by atoms with E-state index in [0.29, 0.717) is 19.1 Å². The highest BCUT2D eigenvalue weighted by molar-refractivity contribution is 4.59.